The molecule has 0 spiro atoms. The average Bonchev–Trinajstić information content (AvgIpc) is 2.62. The van der Waals surface area contributed by atoms with Gasteiger partial charge in [-0.1, -0.05) is 0 Å². The summed E-state index contributed by atoms with van der Waals surface area (Å²) < 4.78 is 11.3. The van der Waals surface area contributed by atoms with Crippen molar-refractivity contribution in [2.45, 2.75) is 0 Å². The molecule has 0 amide bonds. The fraction of sp³-hybridized carbons (Fsp3) is 0.222. The number of fused-ring (bicyclic) bond motifs is 1. The van der Waals surface area contributed by atoms with E-state index in [9.17, 15) is 0 Å². The van der Waals surface area contributed by atoms with Crippen molar-refractivity contribution in [2.24, 2.45) is 0 Å². The van der Waals surface area contributed by atoms with Gasteiger partial charge in [-0.05, 0) is 0 Å². The lowest BCUT2D eigenvalue weighted by atomic mass is 10.3. The lowest BCUT2D eigenvalue weighted by Crippen LogP contribution is -1.89. The molecule has 0 aliphatic rings. The molecule has 0 bridgehead atoms. The van der Waals surface area contributed by atoms with Gasteiger partial charge in [0.2, 0.25) is 0 Å². The first kappa shape index (κ1) is 8.31. The van der Waals surface area contributed by atoms with Crippen molar-refractivity contribution in [3.63, 3.8) is 0 Å². The first-order valence-corrected chi connectivity index (χ1v) is 4.55. The van der Waals surface area contributed by atoms with Gasteiger partial charge in [-0.2, -0.15) is 0 Å². The van der Waals surface area contributed by atoms with E-state index in [0.29, 0.717) is 5.75 Å². The third-order valence-electron chi connectivity index (χ3n) is 1.79. The number of thiazole rings is 1. The number of nitrogens with zero attached hydrogens (tertiary/aromatic N) is 1. The van der Waals surface area contributed by atoms with E-state index in [2.05, 4.69) is 10.5 Å². The Hall–Kier alpha value is -1.29. The number of benzene rings is 1. The van der Waals surface area contributed by atoms with Crippen LogP contribution in [0.3, 0.4) is 0 Å². The van der Waals surface area contributed by atoms with Crippen LogP contribution in [0, 0.1) is 5.51 Å². The third kappa shape index (κ3) is 1.33. The smallest absolute Gasteiger partial charge is 0.162 e. The predicted octanol–water partition coefficient (Wildman–Crippen LogP) is 2.11. The van der Waals surface area contributed by atoms with Crippen LogP contribution in [0.25, 0.3) is 10.2 Å². The van der Waals surface area contributed by atoms with E-state index in [4.69, 9.17) is 9.47 Å². The highest BCUT2D eigenvalue weighted by Gasteiger charge is 2.06. The van der Waals surface area contributed by atoms with Crippen LogP contribution in [-0.2, 0) is 0 Å². The number of hydrogen-bond donors (Lipinski definition) is 0. The first-order valence-electron chi connectivity index (χ1n) is 3.73. The molecule has 13 heavy (non-hydrogen) atoms. The van der Waals surface area contributed by atoms with Gasteiger partial charge in [0, 0.05) is 12.1 Å². The molecule has 0 fully saturated rings. The van der Waals surface area contributed by atoms with E-state index in [0.717, 1.165) is 16.0 Å². The molecule has 2 rings (SSSR count). The zero-order valence-corrected chi connectivity index (χ0v) is 8.14. The van der Waals surface area contributed by atoms with E-state index in [1.807, 2.05) is 12.1 Å². The third-order valence-corrected chi connectivity index (χ3v) is 2.52. The summed E-state index contributed by atoms with van der Waals surface area (Å²) in [6.45, 7) is 0. The second-order valence-electron chi connectivity index (χ2n) is 2.48. The van der Waals surface area contributed by atoms with Crippen LogP contribution in [0.2, 0.25) is 0 Å². The lowest BCUT2D eigenvalue weighted by molar-refractivity contribution is 0.356. The summed E-state index contributed by atoms with van der Waals surface area (Å²) in [6, 6.07) is 3.75. The highest BCUT2D eigenvalue weighted by atomic mass is 32.1. The minimum absolute atomic E-state index is 0.703. The Labute approximate surface area is 79.9 Å². The summed E-state index contributed by atoms with van der Waals surface area (Å²) >= 11 is 1.46. The normalized spacial score (nSPS) is 10.3. The number of hydrogen-bond acceptors (Lipinski definition) is 4. The Kier molecular flexibility index (Phi) is 2.06. The molecule has 1 radical (unpaired) electrons. The largest absolute Gasteiger partial charge is 0.493 e. The maximum atomic E-state index is 5.15. The summed E-state index contributed by atoms with van der Waals surface area (Å²) in [5, 5.41) is 0. The second-order valence-corrected chi connectivity index (χ2v) is 3.31. The number of methoxy groups -OCH3 is 2. The van der Waals surface area contributed by atoms with E-state index in [1.54, 1.807) is 14.2 Å². The van der Waals surface area contributed by atoms with Crippen LogP contribution in [0.5, 0.6) is 11.5 Å². The van der Waals surface area contributed by atoms with Crippen LogP contribution in [0.4, 0.5) is 0 Å². The maximum absolute atomic E-state index is 5.15. The zero-order chi connectivity index (χ0) is 9.26. The predicted molar refractivity (Wildman–Crippen MR) is 51.6 cm³/mol. The minimum atomic E-state index is 0.703. The zero-order valence-electron chi connectivity index (χ0n) is 7.33. The molecule has 0 aliphatic carbocycles. The molecule has 0 saturated heterocycles. The van der Waals surface area contributed by atoms with Crippen LogP contribution in [0.15, 0.2) is 12.1 Å². The van der Waals surface area contributed by atoms with Gasteiger partial charge in [0.1, 0.15) is 0 Å². The Morgan fingerprint density at radius 2 is 1.92 bits per heavy atom. The second kappa shape index (κ2) is 3.22. The Balaban J connectivity index is 2.67. The van der Waals surface area contributed by atoms with E-state index in [-0.39, 0.29) is 0 Å². The van der Waals surface area contributed by atoms with Crippen molar-refractivity contribution in [1.82, 2.24) is 4.98 Å². The molecule has 1 aromatic carbocycles. The van der Waals surface area contributed by atoms with Crippen molar-refractivity contribution in [3.05, 3.63) is 17.6 Å². The molecule has 4 heteroatoms. The van der Waals surface area contributed by atoms with Gasteiger partial charge in [0.25, 0.3) is 0 Å². The van der Waals surface area contributed by atoms with Crippen LogP contribution < -0.4 is 9.47 Å². The van der Waals surface area contributed by atoms with Crippen molar-refractivity contribution < 1.29 is 9.47 Å². The summed E-state index contributed by atoms with van der Waals surface area (Å²) in [4.78, 5) is 4.06. The van der Waals surface area contributed by atoms with Gasteiger partial charge in [-0.25, -0.2) is 4.98 Å². The first-order chi connectivity index (χ1) is 6.35. The Bertz CT molecular complexity index is 386. The molecule has 0 atom stereocenters. The Morgan fingerprint density at radius 3 is 2.62 bits per heavy atom. The molecular weight excluding hydrogens is 186 g/mol. The van der Waals surface area contributed by atoms with Crippen LogP contribution in [-0.4, -0.2) is 19.2 Å². The van der Waals surface area contributed by atoms with Crippen LogP contribution >= 0.6 is 11.3 Å². The lowest BCUT2D eigenvalue weighted by Gasteiger charge is -2.05. The average molecular weight is 194 g/mol. The number of aromatic nitrogens is 1. The minimum Gasteiger partial charge on any atom is -0.493 e. The van der Waals surface area contributed by atoms with Gasteiger partial charge in [0.15, 0.2) is 17.0 Å². The molecule has 1 aromatic heterocycles. The summed E-state index contributed by atoms with van der Waals surface area (Å²) in [5.41, 5.74) is 3.71. The summed E-state index contributed by atoms with van der Waals surface area (Å²) in [5.74, 6) is 1.43. The van der Waals surface area contributed by atoms with Gasteiger partial charge in [-0.3, -0.25) is 0 Å². The van der Waals surface area contributed by atoms with E-state index >= 15 is 0 Å². The van der Waals surface area contributed by atoms with E-state index < -0.39 is 0 Å². The summed E-state index contributed by atoms with van der Waals surface area (Å²) in [6.07, 6.45) is 0. The van der Waals surface area contributed by atoms with Crippen molar-refractivity contribution in [1.29, 1.82) is 0 Å². The van der Waals surface area contributed by atoms with Crippen molar-refractivity contribution >= 4 is 21.6 Å². The molecule has 67 valence electrons. The maximum Gasteiger partial charge on any atom is 0.162 e. The van der Waals surface area contributed by atoms with Gasteiger partial charge >= 0.3 is 0 Å². The number of ether oxygens (including phenoxy) is 2. The van der Waals surface area contributed by atoms with Crippen LogP contribution in [0.1, 0.15) is 0 Å². The molecule has 0 aliphatic heterocycles. The molecule has 0 unspecified atom stereocenters. The fourth-order valence-corrected chi connectivity index (χ4v) is 1.76. The van der Waals surface area contributed by atoms with Crippen molar-refractivity contribution in [2.75, 3.05) is 14.2 Å². The Morgan fingerprint density at radius 1 is 1.23 bits per heavy atom. The quantitative estimate of drug-likeness (QED) is 0.733. The highest BCUT2D eigenvalue weighted by molar-refractivity contribution is 7.16. The molecule has 0 N–H and O–H groups in total. The standard InChI is InChI=1S/C9H8NO2S/c1-11-7-3-6-9(13-5-10-6)4-8(7)12-2/h3-4H,1-2H3. The monoisotopic (exact) mass is 194 g/mol. The summed E-state index contributed by atoms with van der Waals surface area (Å²) in [7, 11) is 3.23. The molecule has 1 heterocycles. The van der Waals surface area contributed by atoms with Crippen molar-refractivity contribution in [3.8, 4) is 11.5 Å². The fourth-order valence-electron chi connectivity index (χ4n) is 1.14. The topological polar surface area (TPSA) is 31.4 Å². The number of rotatable bonds is 2. The van der Waals surface area contributed by atoms with Gasteiger partial charge in [-0.15, -0.1) is 11.3 Å². The van der Waals surface area contributed by atoms with Gasteiger partial charge in [0.05, 0.1) is 24.4 Å². The van der Waals surface area contributed by atoms with E-state index in [1.165, 1.54) is 11.3 Å². The van der Waals surface area contributed by atoms with Gasteiger partial charge < -0.3 is 9.47 Å². The molecule has 3 nitrogen and oxygen atoms in total. The SMILES string of the molecule is COc1cc2n[c]sc2cc1OC. The molecule has 0 saturated carbocycles. The molecular formula is C9H8NO2S. The molecule has 2 aromatic rings. The highest BCUT2D eigenvalue weighted by Crippen LogP contribution is 2.32.